The molecule has 10 rings (SSSR count). The predicted molar refractivity (Wildman–Crippen MR) is 192 cm³/mol. The molecule has 0 aliphatic heterocycles. The highest BCUT2D eigenvalue weighted by atomic mass is 15.1. The van der Waals surface area contributed by atoms with Gasteiger partial charge in [0.2, 0.25) is 0 Å². The minimum Gasteiger partial charge on any atom is -0.310 e. The van der Waals surface area contributed by atoms with Gasteiger partial charge in [-0.1, -0.05) is 115 Å². The van der Waals surface area contributed by atoms with Crippen LogP contribution in [-0.4, -0.2) is 4.57 Å². The molecule has 7 aromatic rings. The summed E-state index contributed by atoms with van der Waals surface area (Å²) in [5, 5.41) is 2.52. The highest BCUT2D eigenvalue weighted by Gasteiger charge is 2.36. The summed E-state index contributed by atoms with van der Waals surface area (Å²) < 4.78 is 2.41. The van der Waals surface area contributed by atoms with Crippen molar-refractivity contribution in [2.75, 3.05) is 4.90 Å². The first kappa shape index (κ1) is 25.5. The molecule has 1 aromatic heterocycles. The van der Waals surface area contributed by atoms with Crippen molar-refractivity contribution < 1.29 is 0 Å². The van der Waals surface area contributed by atoms with Crippen LogP contribution in [0.2, 0.25) is 0 Å². The second-order valence-electron chi connectivity index (χ2n) is 12.5. The summed E-state index contributed by atoms with van der Waals surface area (Å²) in [4.78, 5) is 2.47. The Labute approximate surface area is 268 Å². The van der Waals surface area contributed by atoms with E-state index < -0.39 is 0 Å². The van der Waals surface area contributed by atoms with Gasteiger partial charge in [0.15, 0.2) is 0 Å². The van der Waals surface area contributed by atoms with Crippen LogP contribution in [0.3, 0.4) is 0 Å². The molecule has 0 bridgehead atoms. The van der Waals surface area contributed by atoms with Gasteiger partial charge in [0.05, 0.1) is 16.7 Å². The minimum atomic E-state index is 0.393. The van der Waals surface area contributed by atoms with E-state index in [0.717, 1.165) is 23.5 Å². The molecular weight excluding hydrogens is 556 g/mol. The lowest BCUT2D eigenvalue weighted by Gasteiger charge is -2.31. The van der Waals surface area contributed by atoms with E-state index in [4.69, 9.17) is 0 Å². The Morgan fingerprint density at radius 2 is 1.30 bits per heavy atom. The standard InChI is InChI=1S/C44H30N2/c1-3-15-31(16-4-1)45(33-25-26-36-35-20-9-10-23-39(35)46(41(36)28-33)32-17-5-2-6-18-32)40-24-12-22-38-37-21-11-14-30-27-29-13-7-8-19-34(29)44(42(30)37)43(38)40/h1-26,28-29H,27H2. The maximum absolute atomic E-state index is 2.47. The van der Waals surface area contributed by atoms with Crippen LogP contribution in [0.15, 0.2) is 169 Å². The van der Waals surface area contributed by atoms with Crippen LogP contribution in [0.25, 0.3) is 44.2 Å². The van der Waals surface area contributed by atoms with Gasteiger partial charge in [-0.2, -0.15) is 0 Å². The number of hydrogen-bond acceptors (Lipinski definition) is 1. The zero-order valence-electron chi connectivity index (χ0n) is 25.3. The minimum absolute atomic E-state index is 0.393. The van der Waals surface area contributed by atoms with E-state index in [1.807, 2.05) is 0 Å². The molecule has 3 aliphatic carbocycles. The van der Waals surface area contributed by atoms with Gasteiger partial charge in [0.25, 0.3) is 0 Å². The number of anilines is 3. The van der Waals surface area contributed by atoms with Crippen LogP contribution in [0.1, 0.15) is 16.7 Å². The van der Waals surface area contributed by atoms with Crippen molar-refractivity contribution in [2.24, 2.45) is 5.92 Å². The van der Waals surface area contributed by atoms with E-state index in [-0.39, 0.29) is 0 Å². The van der Waals surface area contributed by atoms with Crippen molar-refractivity contribution in [1.82, 2.24) is 4.57 Å². The van der Waals surface area contributed by atoms with Crippen molar-refractivity contribution in [3.05, 3.63) is 186 Å². The number of fused-ring (bicyclic) bond motifs is 7. The normalized spacial score (nSPS) is 15.7. The largest absolute Gasteiger partial charge is 0.310 e. The van der Waals surface area contributed by atoms with Crippen molar-refractivity contribution in [2.45, 2.75) is 6.42 Å². The molecule has 0 radical (unpaired) electrons. The molecule has 0 N–H and O–H groups in total. The highest BCUT2D eigenvalue weighted by molar-refractivity contribution is 6.12. The first-order valence-corrected chi connectivity index (χ1v) is 16.1. The summed E-state index contributed by atoms with van der Waals surface area (Å²) in [6.45, 7) is 0. The fourth-order valence-corrected chi connectivity index (χ4v) is 8.14. The molecule has 1 unspecified atom stereocenters. The van der Waals surface area contributed by atoms with Crippen LogP contribution in [0.5, 0.6) is 0 Å². The summed E-state index contributed by atoms with van der Waals surface area (Å²) in [7, 11) is 0. The Morgan fingerprint density at radius 3 is 2.17 bits per heavy atom. The smallest absolute Gasteiger partial charge is 0.0561 e. The molecule has 3 aliphatic rings. The van der Waals surface area contributed by atoms with Gasteiger partial charge in [0.1, 0.15) is 0 Å². The lowest BCUT2D eigenvalue weighted by molar-refractivity contribution is 0.756. The van der Waals surface area contributed by atoms with E-state index in [1.165, 1.54) is 66.5 Å². The van der Waals surface area contributed by atoms with Crippen molar-refractivity contribution in [1.29, 1.82) is 0 Å². The van der Waals surface area contributed by atoms with E-state index in [0.29, 0.717) is 5.92 Å². The number of rotatable bonds is 4. The molecule has 2 heteroatoms. The topological polar surface area (TPSA) is 8.17 Å². The van der Waals surface area contributed by atoms with Gasteiger partial charge in [-0.25, -0.2) is 0 Å². The molecule has 0 saturated heterocycles. The van der Waals surface area contributed by atoms with Gasteiger partial charge >= 0.3 is 0 Å². The zero-order valence-corrected chi connectivity index (χ0v) is 25.3. The fourth-order valence-electron chi connectivity index (χ4n) is 8.14. The van der Waals surface area contributed by atoms with Gasteiger partial charge < -0.3 is 9.47 Å². The van der Waals surface area contributed by atoms with E-state index in [1.54, 1.807) is 0 Å². The summed E-state index contributed by atoms with van der Waals surface area (Å²) in [6.07, 6.45) is 10.2. The van der Waals surface area contributed by atoms with Crippen LogP contribution in [0, 0.1) is 5.92 Å². The van der Waals surface area contributed by atoms with Crippen molar-refractivity contribution in [3.8, 4) is 16.8 Å². The lowest BCUT2D eigenvalue weighted by Crippen LogP contribution is -2.16. The Balaban J connectivity index is 1.27. The second-order valence-corrected chi connectivity index (χ2v) is 12.5. The van der Waals surface area contributed by atoms with E-state index >= 15 is 0 Å². The number of nitrogens with zero attached hydrogens (tertiary/aromatic N) is 2. The highest BCUT2D eigenvalue weighted by Crippen LogP contribution is 2.56. The summed E-state index contributed by atoms with van der Waals surface area (Å²) in [5.41, 5.74) is 16.8. The third-order valence-corrected chi connectivity index (χ3v) is 10.0. The monoisotopic (exact) mass is 586 g/mol. The van der Waals surface area contributed by atoms with Crippen LogP contribution in [0.4, 0.5) is 17.1 Å². The second kappa shape index (κ2) is 9.82. The zero-order chi connectivity index (χ0) is 30.2. The quantitative estimate of drug-likeness (QED) is 0.199. The maximum Gasteiger partial charge on any atom is 0.0561 e. The Kier molecular flexibility index (Phi) is 5.44. The van der Waals surface area contributed by atoms with Crippen LogP contribution >= 0.6 is 0 Å². The molecule has 0 spiro atoms. The van der Waals surface area contributed by atoms with E-state index in [2.05, 4.69) is 173 Å². The summed E-state index contributed by atoms with van der Waals surface area (Å²) >= 11 is 0. The number of allylic oxidation sites excluding steroid dienone is 5. The molecule has 0 saturated carbocycles. The molecule has 2 nitrogen and oxygen atoms in total. The molecule has 1 heterocycles. The average Bonchev–Trinajstić information content (AvgIpc) is 3.64. The molecular formula is C44H30N2. The van der Waals surface area contributed by atoms with Crippen molar-refractivity contribution in [3.63, 3.8) is 0 Å². The van der Waals surface area contributed by atoms with Gasteiger partial charge in [-0.15, -0.1) is 0 Å². The summed E-state index contributed by atoms with van der Waals surface area (Å²) in [5.74, 6) is 0.393. The van der Waals surface area contributed by atoms with Crippen LogP contribution < -0.4 is 4.90 Å². The average molecular weight is 587 g/mol. The first-order chi connectivity index (χ1) is 22.8. The third-order valence-electron chi connectivity index (χ3n) is 10.0. The fraction of sp³-hybridized carbons (Fsp3) is 0.0455. The summed E-state index contributed by atoms with van der Waals surface area (Å²) in [6, 6.07) is 51.1. The van der Waals surface area contributed by atoms with E-state index in [9.17, 15) is 0 Å². The Morgan fingerprint density at radius 1 is 0.565 bits per heavy atom. The molecule has 216 valence electrons. The van der Waals surface area contributed by atoms with Gasteiger partial charge in [-0.05, 0) is 88.4 Å². The molecule has 6 aromatic carbocycles. The molecule has 0 amide bonds. The Bertz CT molecular complexity index is 2440. The number of benzene rings is 6. The van der Waals surface area contributed by atoms with Gasteiger partial charge in [0, 0.05) is 39.3 Å². The SMILES string of the molecule is C1=CC2=C3c4c(cccc4-c4cccc(N(c5ccccc5)c5ccc6c7ccccc7n(-c7ccccc7)c6c5)c43)CC2C=C1. The lowest BCUT2D eigenvalue weighted by atomic mass is 9.76. The number of hydrogen-bond donors (Lipinski definition) is 0. The molecule has 0 fully saturated rings. The number of aromatic nitrogens is 1. The number of para-hydroxylation sites is 3. The van der Waals surface area contributed by atoms with Gasteiger partial charge in [-0.3, -0.25) is 0 Å². The van der Waals surface area contributed by atoms with Crippen molar-refractivity contribution >= 4 is 44.4 Å². The third kappa shape index (κ3) is 3.59. The molecule has 1 atom stereocenters. The molecule has 46 heavy (non-hydrogen) atoms. The van der Waals surface area contributed by atoms with Crippen LogP contribution in [-0.2, 0) is 6.42 Å². The first-order valence-electron chi connectivity index (χ1n) is 16.1. The maximum atomic E-state index is 2.47. The Hall–Kier alpha value is -5.86. The predicted octanol–water partition coefficient (Wildman–Crippen LogP) is 11.3.